The second-order valence-electron chi connectivity index (χ2n) is 5.28. The number of anilines is 1. The van der Waals surface area contributed by atoms with E-state index in [2.05, 4.69) is 15.6 Å². The molecule has 3 N–H and O–H groups in total. The van der Waals surface area contributed by atoms with Crippen molar-refractivity contribution in [1.29, 1.82) is 0 Å². The van der Waals surface area contributed by atoms with Crippen molar-refractivity contribution in [3.8, 4) is 0 Å². The Morgan fingerprint density at radius 3 is 2.95 bits per heavy atom. The Balaban J connectivity index is 1.88. The van der Waals surface area contributed by atoms with Gasteiger partial charge in [0.05, 0.1) is 5.69 Å². The number of amides is 2. The summed E-state index contributed by atoms with van der Waals surface area (Å²) in [5, 5.41) is 17.8. The molecular weight excluding hydrogens is 274 g/mol. The van der Waals surface area contributed by atoms with E-state index in [0.717, 1.165) is 37.8 Å². The third kappa shape index (κ3) is 4.18. The lowest BCUT2D eigenvalue weighted by atomic mass is 9.96. The van der Waals surface area contributed by atoms with Crippen molar-refractivity contribution in [2.24, 2.45) is 5.92 Å². The zero-order valence-corrected chi connectivity index (χ0v) is 12.7. The van der Waals surface area contributed by atoms with Crippen molar-refractivity contribution in [3.05, 3.63) is 11.1 Å². The van der Waals surface area contributed by atoms with Gasteiger partial charge < -0.3 is 10.4 Å². The minimum Gasteiger partial charge on any atom is -0.396 e. The molecule has 0 saturated heterocycles. The summed E-state index contributed by atoms with van der Waals surface area (Å²) in [6, 6.07) is -0.152. The number of hydrogen-bond donors (Lipinski definition) is 3. The molecule has 20 heavy (non-hydrogen) atoms. The van der Waals surface area contributed by atoms with Crippen molar-refractivity contribution in [2.75, 3.05) is 11.9 Å². The van der Waals surface area contributed by atoms with Gasteiger partial charge in [-0.3, -0.25) is 5.32 Å². The number of aryl methyl sites for hydroxylation is 1. The topological polar surface area (TPSA) is 74.2 Å². The molecule has 1 aliphatic rings. The van der Waals surface area contributed by atoms with Gasteiger partial charge in [0.15, 0.2) is 5.13 Å². The van der Waals surface area contributed by atoms with Crippen LogP contribution >= 0.6 is 11.3 Å². The van der Waals surface area contributed by atoms with E-state index in [1.807, 2.05) is 12.3 Å². The van der Waals surface area contributed by atoms with Gasteiger partial charge in [-0.25, -0.2) is 9.78 Å². The number of nitrogens with one attached hydrogen (secondary N) is 2. The summed E-state index contributed by atoms with van der Waals surface area (Å²) in [5.74, 6) is 0.172. The molecule has 2 unspecified atom stereocenters. The highest BCUT2D eigenvalue weighted by molar-refractivity contribution is 7.13. The van der Waals surface area contributed by atoms with Gasteiger partial charge in [-0.1, -0.05) is 26.2 Å². The number of carbonyl (C=O) groups is 1. The van der Waals surface area contributed by atoms with Crippen LogP contribution in [-0.4, -0.2) is 28.8 Å². The lowest BCUT2D eigenvalue weighted by Crippen LogP contribution is -2.43. The molecule has 0 aliphatic heterocycles. The molecule has 0 aromatic carbocycles. The van der Waals surface area contributed by atoms with E-state index in [0.29, 0.717) is 5.13 Å². The molecule has 1 aliphatic carbocycles. The fraction of sp³-hybridized carbons (Fsp3) is 0.714. The van der Waals surface area contributed by atoms with E-state index >= 15 is 0 Å². The third-order valence-corrected chi connectivity index (χ3v) is 4.65. The molecule has 1 saturated carbocycles. The smallest absolute Gasteiger partial charge is 0.321 e. The zero-order valence-electron chi connectivity index (χ0n) is 11.9. The molecule has 2 rings (SSSR count). The van der Waals surface area contributed by atoms with Crippen LogP contribution in [0.1, 0.15) is 44.7 Å². The summed E-state index contributed by atoms with van der Waals surface area (Å²) in [4.78, 5) is 16.3. The number of urea groups is 1. The average Bonchev–Trinajstić information content (AvgIpc) is 2.77. The Morgan fingerprint density at radius 1 is 1.45 bits per heavy atom. The Labute approximate surface area is 123 Å². The monoisotopic (exact) mass is 297 g/mol. The van der Waals surface area contributed by atoms with E-state index in [9.17, 15) is 9.90 Å². The molecule has 0 spiro atoms. The maximum absolute atomic E-state index is 12.0. The van der Waals surface area contributed by atoms with Gasteiger partial charge in [0, 0.05) is 23.9 Å². The summed E-state index contributed by atoms with van der Waals surface area (Å²) >= 11 is 1.44. The summed E-state index contributed by atoms with van der Waals surface area (Å²) in [6.45, 7) is 2.18. The summed E-state index contributed by atoms with van der Waals surface area (Å²) in [6.07, 6.45) is 6.23. The Kier molecular flexibility index (Phi) is 5.79. The molecule has 112 valence electrons. The van der Waals surface area contributed by atoms with E-state index in [1.54, 1.807) is 0 Å². The molecule has 1 aromatic rings. The lowest BCUT2D eigenvalue weighted by Gasteiger charge is -2.24. The number of aliphatic hydroxyl groups is 1. The van der Waals surface area contributed by atoms with Crippen LogP contribution in [-0.2, 0) is 6.42 Å². The largest absolute Gasteiger partial charge is 0.396 e. The van der Waals surface area contributed by atoms with Crippen molar-refractivity contribution < 1.29 is 9.90 Å². The highest BCUT2D eigenvalue weighted by Gasteiger charge is 2.24. The van der Waals surface area contributed by atoms with Gasteiger partial charge >= 0.3 is 6.03 Å². The maximum Gasteiger partial charge on any atom is 0.321 e. The van der Waals surface area contributed by atoms with Crippen LogP contribution in [0.4, 0.5) is 9.93 Å². The van der Waals surface area contributed by atoms with E-state index in [-0.39, 0.29) is 24.6 Å². The van der Waals surface area contributed by atoms with E-state index < -0.39 is 0 Å². The number of thiazole rings is 1. The Hall–Kier alpha value is -1.14. The van der Waals surface area contributed by atoms with Crippen LogP contribution in [0.3, 0.4) is 0 Å². The quantitative estimate of drug-likeness (QED) is 0.748. The van der Waals surface area contributed by atoms with Crippen LogP contribution in [0.25, 0.3) is 0 Å². The lowest BCUT2D eigenvalue weighted by molar-refractivity contribution is 0.182. The summed E-state index contributed by atoms with van der Waals surface area (Å²) in [5.41, 5.74) is 0.994. The van der Waals surface area contributed by atoms with Crippen LogP contribution in [0.15, 0.2) is 5.38 Å². The summed E-state index contributed by atoms with van der Waals surface area (Å²) < 4.78 is 0. The van der Waals surface area contributed by atoms with Gasteiger partial charge in [-0.05, 0) is 19.3 Å². The molecule has 6 heteroatoms. The minimum atomic E-state index is -0.215. The van der Waals surface area contributed by atoms with Crippen LogP contribution in [0.5, 0.6) is 0 Å². The molecule has 0 bridgehead atoms. The van der Waals surface area contributed by atoms with Crippen molar-refractivity contribution in [3.63, 3.8) is 0 Å². The molecule has 5 nitrogen and oxygen atoms in total. The molecule has 2 amide bonds. The molecular formula is C14H23N3O2S. The normalized spacial score (nSPS) is 23.1. The Morgan fingerprint density at radius 2 is 2.25 bits per heavy atom. The average molecular weight is 297 g/mol. The maximum atomic E-state index is 12.0. The van der Waals surface area contributed by atoms with Crippen LogP contribution < -0.4 is 10.6 Å². The second-order valence-corrected chi connectivity index (χ2v) is 6.14. The first kappa shape index (κ1) is 15.3. The highest BCUT2D eigenvalue weighted by Crippen LogP contribution is 2.23. The first-order valence-corrected chi connectivity index (χ1v) is 8.23. The fourth-order valence-electron chi connectivity index (χ4n) is 2.62. The van der Waals surface area contributed by atoms with E-state index in [1.165, 1.54) is 17.8 Å². The Bertz CT molecular complexity index is 436. The first-order valence-electron chi connectivity index (χ1n) is 7.35. The van der Waals surface area contributed by atoms with Crippen molar-refractivity contribution in [1.82, 2.24) is 10.3 Å². The van der Waals surface area contributed by atoms with Gasteiger partial charge in [0.1, 0.15) is 0 Å². The van der Waals surface area contributed by atoms with Crippen LogP contribution in [0.2, 0.25) is 0 Å². The number of carbonyl (C=O) groups excluding carboxylic acids is 1. The number of aliphatic hydroxyl groups excluding tert-OH is 1. The first-order chi connectivity index (χ1) is 9.72. The van der Waals surface area contributed by atoms with E-state index in [4.69, 9.17) is 0 Å². The zero-order chi connectivity index (χ0) is 14.4. The molecule has 1 heterocycles. The van der Waals surface area contributed by atoms with Gasteiger partial charge in [0.25, 0.3) is 0 Å². The second kappa shape index (κ2) is 7.59. The predicted molar refractivity (Wildman–Crippen MR) is 81.1 cm³/mol. The van der Waals surface area contributed by atoms with Gasteiger partial charge in [-0.15, -0.1) is 11.3 Å². The molecule has 2 atom stereocenters. The number of hydrogen-bond acceptors (Lipinski definition) is 4. The predicted octanol–water partition coefficient (Wildman–Crippen LogP) is 2.77. The third-order valence-electron chi connectivity index (χ3n) is 3.84. The van der Waals surface area contributed by atoms with Crippen LogP contribution in [0, 0.1) is 5.92 Å². The molecule has 0 radical (unpaired) electrons. The standard InChI is InChI=1S/C14H23N3O2S/c1-2-11-9-20-14(15-11)17-13(19)16-12-7-5-3-4-6-10(12)8-18/h9-10,12,18H,2-8H2,1H3,(H2,15,16,17,19). The highest BCUT2D eigenvalue weighted by atomic mass is 32.1. The van der Waals surface area contributed by atoms with Gasteiger partial charge in [0.2, 0.25) is 0 Å². The van der Waals surface area contributed by atoms with Crippen molar-refractivity contribution >= 4 is 22.5 Å². The fourth-order valence-corrected chi connectivity index (χ4v) is 3.41. The minimum absolute atomic E-state index is 0.0631. The number of nitrogens with zero attached hydrogens (tertiary/aromatic N) is 1. The van der Waals surface area contributed by atoms with Crippen molar-refractivity contribution in [2.45, 2.75) is 51.5 Å². The number of aromatic nitrogens is 1. The molecule has 1 aromatic heterocycles. The van der Waals surface area contributed by atoms with Gasteiger partial charge in [-0.2, -0.15) is 0 Å². The summed E-state index contributed by atoms with van der Waals surface area (Å²) in [7, 11) is 0. The SMILES string of the molecule is CCc1csc(NC(=O)NC2CCCCCC2CO)n1. The number of rotatable bonds is 4. The molecule has 1 fully saturated rings.